The summed E-state index contributed by atoms with van der Waals surface area (Å²) in [5, 5.41) is 19.5. The molecule has 0 aliphatic heterocycles. The molecular formula is C14H23N3O2. The molecular weight excluding hydrogens is 242 g/mol. The van der Waals surface area contributed by atoms with E-state index >= 15 is 0 Å². The zero-order valence-corrected chi connectivity index (χ0v) is 11.8. The predicted molar refractivity (Wildman–Crippen MR) is 72.8 cm³/mol. The number of aromatic amines is 1. The van der Waals surface area contributed by atoms with Crippen molar-refractivity contribution in [1.82, 2.24) is 15.5 Å². The summed E-state index contributed by atoms with van der Waals surface area (Å²) < 4.78 is 0. The van der Waals surface area contributed by atoms with Crippen LogP contribution in [0, 0.1) is 19.3 Å². The molecule has 1 aromatic rings. The van der Waals surface area contributed by atoms with Crippen molar-refractivity contribution in [2.75, 3.05) is 13.2 Å². The number of rotatable bonds is 5. The smallest absolute Gasteiger partial charge is 0.224 e. The first-order valence-corrected chi connectivity index (χ1v) is 6.94. The van der Waals surface area contributed by atoms with Gasteiger partial charge in [0.1, 0.15) is 0 Å². The van der Waals surface area contributed by atoms with Gasteiger partial charge in [0.15, 0.2) is 0 Å². The van der Waals surface area contributed by atoms with E-state index in [-0.39, 0.29) is 17.9 Å². The molecule has 1 aromatic heterocycles. The van der Waals surface area contributed by atoms with Gasteiger partial charge in [-0.15, -0.1) is 0 Å². The van der Waals surface area contributed by atoms with Crippen LogP contribution in [0.1, 0.15) is 42.6 Å². The maximum absolute atomic E-state index is 12.0. The molecule has 0 saturated heterocycles. The normalized spacial score (nSPS) is 17.6. The molecule has 5 heteroatoms. The molecule has 0 radical (unpaired) electrons. The van der Waals surface area contributed by atoms with Crippen LogP contribution < -0.4 is 5.32 Å². The minimum absolute atomic E-state index is 0.00678. The monoisotopic (exact) mass is 265 g/mol. The summed E-state index contributed by atoms with van der Waals surface area (Å²) in [6.45, 7) is 4.57. The number of aliphatic hydroxyl groups is 1. The standard InChI is InChI=1S/C14H23N3O2/c1-10-12(11(2)17-16-10)7-13(19)15-8-14(9-18)5-3-4-6-14/h18H,3-9H2,1-2H3,(H,15,19)(H,16,17). The molecule has 106 valence electrons. The van der Waals surface area contributed by atoms with Crippen molar-refractivity contribution in [2.45, 2.75) is 46.0 Å². The summed E-state index contributed by atoms with van der Waals surface area (Å²) in [7, 11) is 0. The largest absolute Gasteiger partial charge is 0.396 e. The topological polar surface area (TPSA) is 78.0 Å². The third kappa shape index (κ3) is 3.15. The number of aliphatic hydroxyl groups excluding tert-OH is 1. The summed E-state index contributed by atoms with van der Waals surface area (Å²) in [6.07, 6.45) is 4.67. The molecule has 5 nitrogen and oxygen atoms in total. The maximum atomic E-state index is 12.0. The lowest BCUT2D eigenvalue weighted by molar-refractivity contribution is -0.121. The van der Waals surface area contributed by atoms with Crippen molar-refractivity contribution in [2.24, 2.45) is 5.41 Å². The molecule has 1 aliphatic rings. The quantitative estimate of drug-likeness (QED) is 0.749. The molecule has 0 spiro atoms. The highest BCUT2D eigenvalue weighted by molar-refractivity contribution is 5.79. The second-order valence-corrected chi connectivity index (χ2v) is 5.73. The van der Waals surface area contributed by atoms with E-state index in [1.807, 2.05) is 13.8 Å². The summed E-state index contributed by atoms with van der Waals surface area (Å²) in [5.41, 5.74) is 2.72. The zero-order valence-electron chi connectivity index (χ0n) is 11.8. The first-order valence-electron chi connectivity index (χ1n) is 6.94. The second kappa shape index (κ2) is 5.74. The number of aryl methyl sites for hydroxylation is 2. The van der Waals surface area contributed by atoms with Crippen LogP contribution in [0.25, 0.3) is 0 Å². The van der Waals surface area contributed by atoms with Gasteiger partial charge in [0.25, 0.3) is 0 Å². The Labute approximate surface area is 113 Å². The van der Waals surface area contributed by atoms with Gasteiger partial charge in [0.05, 0.1) is 18.7 Å². The number of nitrogens with zero attached hydrogens (tertiary/aromatic N) is 1. The van der Waals surface area contributed by atoms with Gasteiger partial charge < -0.3 is 10.4 Å². The average Bonchev–Trinajstić information content (AvgIpc) is 2.99. The fraction of sp³-hybridized carbons (Fsp3) is 0.714. The minimum Gasteiger partial charge on any atom is -0.396 e. The van der Waals surface area contributed by atoms with E-state index in [1.165, 1.54) is 0 Å². The van der Waals surface area contributed by atoms with Crippen molar-refractivity contribution < 1.29 is 9.90 Å². The van der Waals surface area contributed by atoms with Crippen molar-refractivity contribution in [3.8, 4) is 0 Å². The van der Waals surface area contributed by atoms with Gasteiger partial charge >= 0.3 is 0 Å². The molecule has 0 aromatic carbocycles. The molecule has 1 amide bonds. The molecule has 1 fully saturated rings. The molecule has 0 bridgehead atoms. The molecule has 2 rings (SSSR count). The molecule has 1 saturated carbocycles. The third-order valence-electron chi connectivity index (χ3n) is 4.28. The van der Waals surface area contributed by atoms with Crippen molar-refractivity contribution >= 4 is 5.91 Å². The Bertz CT molecular complexity index is 428. The van der Waals surface area contributed by atoms with E-state index in [0.29, 0.717) is 13.0 Å². The number of hydrogen-bond donors (Lipinski definition) is 3. The lowest BCUT2D eigenvalue weighted by atomic mass is 9.87. The van der Waals surface area contributed by atoms with E-state index in [2.05, 4.69) is 15.5 Å². The van der Waals surface area contributed by atoms with Crippen LogP contribution in [0.5, 0.6) is 0 Å². The minimum atomic E-state index is -0.0872. The Hall–Kier alpha value is -1.36. The van der Waals surface area contributed by atoms with Crippen molar-refractivity contribution in [3.63, 3.8) is 0 Å². The van der Waals surface area contributed by atoms with Crippen LogP contribution in [-0.4, -0.2) is 34.4 Å². The van der Waals surface area contributed by atoms with Crippen molar-refractivity contribution in [3.05, 3.63) is 17.0 Å². The molecule has 1 heterocycles. The van der Waals surface area contributed by atoms with E-state index in [1.54, 1.807) is 0 Å². The Balaban J connectivity index is 1.88. The van der Waals surface area contributed by atoms with Crippen LogP contribution in [0.4, 0.5) is 0 Å². The number of amides is 1. The van der Waals surface area contributed by atoms with Crippen LogP contribution in [0.15, 0.2) is 0 Å². The fourth-order valence-electron chi connectivity index (χ4n) is 2.86. The molecule has 1 aliphatic carbocycles. The lowest BCUT2D eigenvalue weighted by Crippen LogP contribution is -2.39. The Morgan fingerprint density at radius 2 is 2.11 bits per heavy atom. The van der Waals surface area contributed by atoms with Gasteiger partial charge in [-0.25, -0.2) is 0 Å². The van der Waals surface area contributed by atoms with Gasteiger partial charge in [0, 0.05) is 23.2 Å². The highest BCUT2D eigenvalue weighted by Gasteiger charge is 2.33. The predicted octanol–water partition coefficient (Wildman–Crippen LogP) is 1.24. The number of carbonyl (C=O) groups is 1. The number of hydrogen-bond acceptors (Lipinski definition) is 3. The summed E-state index contributed by atoms with van der Waals surface area (Å²) in [5.74, 6) is 0.00678. The zero-order chi connectivity index (χ0) is 13.9. The van der Waals surface area contributed by atoms with E-state index < -0.39 is 0 Å². The third-order valence-corrected chi connectivity index (χ3v) is 4.28. The molecule has 3 N–H and O–H groups in total. The fourth-order valence-corrected chi connectivity index (χ4v) is 2.86. The number of carbonyl (C=O) groups excluding carboxylic acids is 1. The number of aromatic nitrogens is 2. The molecule has 19 heavy (non-hydrogen) atoms. The van der Waals surface area contributed by atoms with E-state index in [4.69, 9.17) is 0 Å². The number of nitrogens with one attached hydrogen (secondary N) is 2. The number of H-pyrrole nitrogens is 1. The van der Waals surface area contributed by atoms with Gasteiger partial charge in [-0.05, 0) is 26.7 Å². The second-order valence-electron chi connectivity index (χ2n) is 5.73. The molecule has 0 atom stereocenters. The Morgan fingerprint density at radius 3 is 2.63 bits per heavy atom. The maximum Gasteiger partial charge on any atom is 0.224 e. The van der Waals surface area contributed by atoms with Crippen LogP contribution in [0.2, 0.25) is 0 Å². The van der Waals surface area contributed by atoms with Gasteiger partial charge in [-0.2, -0.15) is 5.10 Å². The van der Waals surface area contributed by atoms with Crippen molar-refractivity contribution in [1.29, 1.82) is 0 Å². The first-order chi connectivity index (χ1) is 9.06. The lowest BCUT2D eigenvalue weighted by Gasteiger charge is -2.26. The van der Waals surface area contributed by atoms with E-state index in [9.17, 15) is 9.90 Å². The van der Waals surface area contributed by atoms with Gasteiger partial charge in [-0.1, -0.05) is 12.8 Å². The van der Waals surface area contributed by atoms with Crippen LogP contribution in [-0.2, 0) is 11.2 Å². The average molecular weight is 265 g/mol. The summed E-state index contributed by atoms with van der Waals surface area (Å²) in [4.78, 5) is 12.0. The SMILES string of the molecule is Cc1n[nH]c(C)c1CC(=O)NCC1(CO)CCCC1. The highest BCUT2D eigenvalue weighted by atomic mass is 16.3. The Morgan fingerprint density at radius 1 is 1.42 bits per heavy atom. The Kier molecular flexibility index (Phi) is 4.24. The van der Waals surface area contributed by atoms with Gasteiger partial charge in [0.2, 0.25) is 5.91 Å². The van der Waals surface area contributed by atoms with Crippen LogP contribution >= 0.6 is 0 Å². The van der Waals surface area contributed by atoms with Gasteiger partial charge in [-0.3, -0.25) is 9.89 Å². The summed E-state index contributed by atoms with van der Waals surface area (Å²) in [6, 6.07) is 0. The highest BCUT2D eigenvalue weighted by Crippen LogP contribution is 2.36. The first kappa shape index (κ1) is 14.1. The summed E-state index contributed by atoms with van der Waals surface area (Å²) >= 11 is 0. The van der Waals surface area contributed by atoms with Crippen LogP contribution in [0.3, 0.4) is 0 Å². The van der Waals surface area contributed by atoms with E-state index in [0.717, 1.165) is 42.6 Å². The molecule has 0 unspecified atom stereocenters.